The molecular formula is C13H19ClN2O3S. The Hall–Kier alpha value is -1.11. The van der Waals surface area contributed by atoms with Crippen molar-refractivity contribution in [2.45, 2.75) is 38.0 Å². The lowest BCUT2D eigenvalue weighted by Gasteiger charge is -2.13. The van der Waals surface area contributed by atoms with Gasteiger partial charge in [0.2, 0.25) is 15.9 Å². The molecule has 1 rings (SSSR count). The third-order valence-electron chi connectivity index (χ3n) is 2.96. The first-order valence-corrected chi connectivity index (χ1v) is 8.31. The summed E-state index contributed by atoms with van der Waals surface area (Å²) in [6.07, 6.45) is 2.74. The number of amides is 1. The van der Waals surface area contributed by atoms with Crippen molar-refractivity contribution in [1.82, 2.24) is 0 Å². The molecule has 3 N–H and O–H groups in total. The van der Waals surface area contributed by atoms with E-state index in [4.69, 9.17) is 16.7 Å². The molecule has 0 aliphatic heterocycles. The molecule has 0 spiro atoms. The van der Waals surface area contributed by atoms with Crippen LogP contribution in [0.25, 0.3) is 0 Å². The lowest BCUT2D eigenvalue weighted by molar-refractivity contribution is -0.119. The van der Waals surface area contributed by atoms with Crippen molar-refractivity contribution in [3.8, 4) is 0 Å². The minimum absolute atomic E-state index is 0.0848. The van der Waals surface area contributed by atoms with Crippen molar-refractivity contribution in [3.63, 3.8) is 0 Å². The zero-order valence-corrected chi connectivity index (χ0v) is 13.1. The van der Waals surface area contributed by atoms with E-state index in [1.807, 2.05) is 6.92 Å². The minimum Gasteiger partial charge on any atom is -0.324 e. The molecule has 1 aromatic carbocycles. The van der Waals surface area contributed by atoms with Gasteiger partial charge in [0.1, 0.15) is 0 Å². The largest absolute Gasteiger partial charge is 0.324 e. The van der Waals surface area contributed by atoms with Gasteiger partial charge in [0.05, 0.1) is 15.6 Å². The molecule has 5 nitrogen and oxygen atoms in total. The Morgan fingerprint density at radius 1 is 1.45 bits per heavy atom. The second-order valence-corrected chi connectivity index (χ2v) is 6.69. The summed E-state index contributed by atoms with van der Waals surface area (Å²) in [4.78, 5) is 11.9. The predicted octanol–water partition coefficient (Wildman–Crippen LogP) is 2.75. The van der Waals surface area contributed by atoms with E-state index < -0.39 is 10.0 Å². The summed E-state index contributed by atoms with van der Waals surface area (Å²) in [5.74, 6) is -0.351. The summed E-state index contributed by atoms with van der Waals surface area (Å²) < 4.78 is 22.6. The Balaban J connectivity index is 2.89. The first kappa shape index (κ1) is 16.9. The fraction of sp³-hybridized carbons (Fsp3) is 0.462. The molecule has 1 unspecified atom stereocenters. The highest BCUT2D eigenvalue weighted by Gasteiger charge is 2.16. The number of nitrogens with one attached hydrogen (secondary N) is 1. The van der Waals surface area contributed by atoms with Crippen LogP contribution in [0.4, 0.5) is 5.69 Å². The number of benzene rings is 1. The van der Waals surface area contributed by atoms with Gasteiger partial charge in [-0.25, -0.2) is 13.6 Å². The molecule has 7 heteroatoms. The van der Waals surface area contributed by atoms with Crippen LogP contribution >= 0.6 is 11.6 Å². The van der Waals surface area contributed by atoms with Crippen LogP contribution < -0.4 is 10.5 Å². The monoisotopic (exact) mass is 318 g/mol. The van der Waals surface area contributed by atoms with Crippen molar-refractivity contribution in [1.29, 1.82) is 0 Å². The van der Waals surface area contributed by atoms with E-state index in [9.17, 15) is 13.2 Å². The van der Waals surface area contributed by atoms with Gasteiger partial charge >= 0.3 is 0 Å². The van der Waals surface area contributed by atoms with Crippen LogP contribution in [0.5, 0.6) is 0 Å². The first-order valence-electron chi connectivity index (χ1n) is 6.39. The normalized spacial score (nSPS) is 13.0. The van der Waals surface area contributed by atoms with Crippen LogP contribution in [0.3, 0.4) is 0 Å². The van der Waals surface area contributed by atoms with Crippen LogP contribution in [0.15, 0.2) is 23.1 Å². The average Bonchev–Trinajstić information content (AvgIpc) is 2.37. The number of anilines is 1. The lowest BCUT2D eigenvalue weighted by atomic mass is 10.0. The molecular weight excluding hydrogens is 300 g/mol. The summed E-state index contributed by atoms with van der Waals surface area (Å²) in [6.45, 7) is 3.87. The third-order valence-corrected chi connectivity index (χ3v) is 4.20. The van der Waals surface area contributed by atoms with Crippen molar-refractivity contribution >= 4 is 33.2 Å². The molecule has 0 aliphatic carbocycles. The number of nitrogens with two attached hydrogens (primary N) is 1. The van der Waals surface area contributed by atoms with Gasteiger partial charge in [-0.15, -0.1) is 0 Å². The molecule has 0 bridgehead atoms. The molecule has 0 saturated carbocycles. The fourth-order valence-electron chi connectivity index (χ4n) is 1.67. The number of carbonyl (C=O) groups excluding carboxylic acids is 1. The number of carbonyl (C=O) groups is 1. The number of sulfonamides is 1. The van der Waals surface area contributed by atoms with Crippen molar-refractivity contribution in [3.05, 3.63) is 23.2 Å². The predicted molar refractivity (Wildman–Crippen MR) is 80.1 cm³/mol. The maximum atomic E-state index is 12.0. The molecule has 0 aromatic heterocycles. The minimum atomic E-state index is -3.82. The second kappa shape index (κ2) is 7.06. The number of hydrogen-bond acceptors (Lipinski definition) is 3. The van der Waals surface area contributed by atoms with Gasteiger partial charge in [0.15, 0.2) is 0 Å². The summed E-state index contributed by atoms with van der Waals surface area (Å²) in [7, 11) is -3.82. The van der Waals surface area contributed by atoms with Gasteiger partial charge in [-0.2, -0.15) is 0 Å². The topological polar surface area (TPSA) is 89.3 Å². The standard InChI is InChI=1S/C13H19ClN2O3S/c1-3-4-5-9(2)13(17)16-12-8-10(20(15,18)19)6-7-11(12)14/h6-9H,3-5H2,1-2H3,(H,16,17)(H2,15,18,19). The Morgan fingerprint density at radius 3 is 2.65 bits per heavy atom. The number of halogens is 1. The molecule has 1 amide bonds. The van der Waals surface area contributed by atoms with Crippen molar-refractivity contribution in [2.24, 2.45) is 11.1 Å². The van der Waals surface area contributed by atoms with Crippen molar-refractivity contribution < 1.29 is 13.2 Å². The molecule has 0 radical (unpaired) electrons. The number of unbranched alkanes of at least 4 members (excludes halogenated alkanes) is 1. The molecule has 1 aromatic rings. The number of rotatable bonds is 6. The molecule has 0 fully saturated rings. The van der Waals surface area contributed by atoms with Gasteiger partial charge in [-0.1, -0.05) is 38.3 Å². The average molecular weight is 319 g/mol. The SMILES string of the molecule is CCCCC(C)C(=O)Nc1cc(S(N)(=O)=O)ccc1Cl. The van der Waals surface area contributed by atoms with E-state index in [1.165, 1.54) is 18.2 Å². The quantitative estimate of drug-likeness (QED) is 0.845. The number of hydrogen-bond donors (Lipinski definition) is 2. The fourth-order valence-corrected chi connectivity index (χ4v) is 2.38. The Labute approximate surface area is 124 Å². The van der Waals surface area contributed by atoms with E-state index in [1.54, 1.807) is 0 Å². The number of primary sulfonamides is 1. The van der Waals surface area contributed by atoms with Crippen LogP contribution in [-0.4, -0.2) is 14.3 Å². The van der Waals surface area contributed by atoms with Crippen LogP contribution in [0.1, 0.15) is 33.1 Å². The summed E-state index contributed by atoms with van der Waals surface area (Å²) in [5.41, 5.74) is 0.256. The van der Waals surface area contributed by atoms with Gasteiger partial charge in [0, 0.05) is 5.92 Å². The van der Waals surface area contributed by atoms with Crippen molar-refractivity contribution in [2.75, 3.05) is 5.32 Å². The summed E-state index contributed by atoms with van der Waals surface area (Å²) >= 11 is 5.95. The van der Waals surface area contributed by atoms with E-state index in [2.05, 4.69) is 12.2 Å². The summed E-state index contributed by atoms with van der Waals surface area (Å²) in [6, 6.07) is 3.96. The van der Waals surface area contributed by atoms with Gasteiger partial charge in [-0.05, 0) is 24.6 Å². The highest BCUT2D eigenvalue weighted by atomic mass is 35.5. The smallest absolute Gasteiger partial charge is 0.238 e. The van der Waals surface area contributed by atoms with E-state index in [0.717, 1.165) is 19.3 Å². The van der Waals surface area contributed by atoms with E-state index in [0.29, 0.717) is 0 Å². The summed E-state index contributed by atoms with van der Waals surface area (Å²) in [5, 5.41) is 7.96. The highest BCUT2D eigenvalue weighted by molar-refractivity contribution is 7.89. The molecule has 0 heterocycles. The van der Waals surface area contributed by atoms with E-state index in [-0.39, 0.29) is 27.4 Å². The molecule has 1 atom stereocenters. The van der Waals surface area contributed by atoms with Gasteiger partial charge in [0.25, 0.3) is 0 Å². The van der Waals surface area contributed by atoms with Gasteiger partial charge < -0.3 is 5.32 Å². The zero-order valence-electron chi connectivity index (χ0n) is 11.5. The van der Waals surface area contributed by atoms with Crippen LogP contribution in [0, 0.1) is 5.92 Å². The molecule has 0 aliphatic rings. The highest BCUT2D eigenvalue weighted by Crippen LogP contribution is 2.25. The molecule has 112 valence electrons. The van der Waals surface area contributed by atoms with Gasteiger partial charge in [-0.3, -0.25) is 4.79 Å². The molecule has 0 saturated heterocycles. The van der Waals surface area contributed by atoms with Crippen LogP contribution in [0.2, 0.25) is 5.02 Å². The lowest BCUT2D eigenvalue weighted by Crippen LogP contribution is -2.21. The maximum absolute atomic E-state index is 12.0. The first-order chi connectivity index (χ1) is 9.25. The maximum Gasteiger partial charge on any atom is 0.238 e. The third kappa shape index (κ3) is 4.77. The Kier molecular flexibility index (Phi) is 5.98. The van der Waals surface area contributed by atoms with Crippen LogP contribution in [-0.2, 0) is 14.8 Å². The molecule has 20 heavy (non-hydrogen) atoms. The van der Waals surface area contributed by atoms with E-state index >= 15 is 0 Å². The zero-order chi connectivity index (χ0) is 15.3. The second-order valence-electron chi connectivity index (χ2n) is 4.72. The Bertz CT molecular complexity index is 587. The Morgan fingerprint density at radius 2 is 2.10 bits per heavy atom.